The Morgan fingerprint density at radius 3 is 2.26 bits per heavy atom. The number of aliphatic hydroxyl groups excluding tert-OH is 1. The molecule has 0 bridgehead atoms. The van der Waals surface area contributed by atoms with Gasteiger partial charge in [-0.3, -0.25) is 10.1 Å². The standard InChI is InChI=1S/C31H44N4O4/c36-26-13-20-34(21-14-26)19-8-2-7-18-32-30(37)17-24-35-22-15-27(16-23-35)39-31(38)33-29-12-6-5-11-28(29)25-9-3-1-4-10-25/h1,3-6,9-12,26-27,36H,2,7-8,13-24H2,(H,32,37)(H,33,38). The molecule has 2 saturated heterocycles. The van der Waals surface area contributed by atoms with E-state index >= 15 is 0 Å². The van der Waals surface area contributed by atoms with Crippen molar-refractivity contribution in [3.63, 3.8) is 0 Å². The summed E-state index contributed by atoms with van der Waals surface area (Å²) in [5, 5.41) is 15.6. The molecule has 0 aliphatic carbocycles. The summed E-state index contributed by atoms with van der Waals surface area (Å²) in [6.45, 7) is 6.18. The van der Waals surface area contributed by atoms with E-state index in [0.717, 1.165) is 108 Å². The SMILES string of the molecule is O=C(CCN1CCC(OC(=O)Nc2ccccc2-c2ccccc2)CC1)NCCCCCN1CCC(O)CC1. The number of benzene rings is 2. The van der Waals surface area contributed by atoms with Crippen molar-refractivity contribution in [2.45, 2.75) is 63.6 Å². The Bertz CT molecular complexity index is 1020. The number of likely N-dealkylation sites (tertiary alicyclic amines) is 2. The second-order valence-electron chi connectivity index (χ2n) is 10.7. The zero-order valence-electron chi connectivity index (χ0n) is 23.0. The summed E-state index contributed by atoms with van der Waals surface area (Å²) >= 11 is 0. The first kappa shape index (κ1) is 29.1. The molecule has 2 fully saturated rings. The highest BCUT2D eigenvalue weighted by molar-refractivity contribution is 5.91. The van der Waals surface area contributed by atoms with Crippen molar-refractivity contribution in [2.24, 2.45) is 0 Å². The predicted molar refractivity (Wildman–Crippen MR) is 155 cm³/mol. The Balaban J connectivity index is 1.05. The lowest BCUT2D eigenvalue weighted by molar-refractivity contribution is -0.121. The van der Waals surface area contributed by atoms with Crippen molar-refractivity contribution in [3.05, 3.63) is 54.6 Å². The number of amides is 2. The van der Waals surface area contributed by atoms with E-state index in [1.807, 2.05) is 54.6 Å². The van der Waals surface area contributed by atoms with E-state index in [1.165, 1.54) is 0 Å². The third-order valence-electron chi connectivity index (χ3n) is 7.74. The number of para-hydroxylation sites is 1. The van der Waals surface area contributed by atoms with Crippen LogP contribution >= 0.6 is 0 Å². The van der Waals surface area contributed by atoms with Crippen LogP contribution in [0.5, 0.6) is 0 Å². The lowest BCUT2D eigenvalue weighted by atomic mass is 10.0. The van der Waals surface area contributed by atoms with Gasteiger partial charge in [0.15, 0.2) is 0 Å². The molecule has 3 N–H and O–H groups in total. The topological polar surface area (TPSA) is 94.1 Å². The van der Waals surface area contributed by atoms with Crippen LogP contribution < -0.4 is 10.6 Å². The van der Waals surface area contributed by atoms with Crippen LogP contribution in [-0.2, 0) is 9.53 Å². The Hall–Kier alpha value is -2.94. The molecule has 0 radical (unpaired) electrons. The summed E-state index contributed by atoms with van der Waals surface area (Å²) in [5.41, 5.74) is 2.74. The van der Waals surface area contributed by atoms with Crippen LogP contribution in [0.3, 0.4) is 0 Å². The van der Waals surface area contributed by atoms with Crippen LogP contribution in [0.4, 0.5) is 10.5 Å². The predicted octanol–water partition coefficient (Wildman–Crippen LogP) is 4.50. The quantitative estimate of drug-likeness (QED) is 0.346. The van der Waals surface area contributed by atoms with Crippen LogP contribution in [0, 0.1) is 0 Å². The molecule has 2 aliphatic rings. The van der Waals surface area contributed by atoms with E-state index in [-0.39, 0.29) is 18.1 Å². The summed E-state index contributed by atoms with van der Waals surface area (Å²) in [5.74, 6) is 0.106. The maximum Gasteiger partial charge on any atom is 0.411 e. The Labute approximate surface area is 232 Å². The molecule has 2 aromatic carbocycles. The monoisotopic (exact) mass is 536 g/mol. The van der Waals surface area contributed by atoms with Gasteiger partial charge < -0.3 is 25.0 Å². The van der Waals surface area contributed by atoms with Crippen molar-refractivity contribution < 1.29 is 19.4 Å². The molecule has 2 aliphatic heterocycles. The van der Waals surface area contributed by atoms with Gasteiger partial charge in [0, 0.05) is 51.3 Å². The lowest BCUT2D eigenvalue weighted by Crippen LogP contribution is -2.40. The number of unbranched alkanes of at least 4 members (excludes halogenated alkanes) is 2. The normalized spacial score (nSPS) is 17.6. The van der Waals surface area contributed by atoms with Crippen molar-refractivity contribution in [1.82, 2.24) is 15.1 Å². The lowest BCUT2D eigenvalue weighted by Gasteiger charge is -2.31. The smallest absolute Gasteiger partial charge is 0.411 e. The molecule has 39 heavy (non-hydrogen) atoms. The van der Waals surface area contributed by atoms with Crippen LogP contribution in [-0.4, -0.2) is 84.9 Å². The van der Waals surface area contributed by atoms with Crippen LogP contribution in [0.1, 0.15) is 51.4 Å². The third kappa shape index (κ3) is 9.95. The molecule has 0 aromatic heterocycles. The zero-order valence-corrected chi connectivity index (χ0v) is 23.0. The van der Waals surface area contributed by atoms with E-state index in [4.69, 9.17) is 4.74 Å². The Morgan fingerprint density at radius 1 is 0.821 bits per heavy atom. The Kier molecular flexibility index (Phi) is 11.6. The average molecular weight is 537 g/mol. The van der Waals surface area contributed by atoms with Crippen molar-refractivity contribution in [2.75, 3.05) is 51.1 Å². The summed E-state index contributed by atoms with van der Waals surface area (Å²) < 4.78 is 5.72. The first-order valence-corrected chi connectivity index (χ1v) is 14.6. The molecule has 0 spiro atoms. The van der Waals surface area contributed by atoms with E-state index in [9.17, 15) is 14.7 Å². The number of hydrogen-bond donors (Lipinski definition) is 3. The third-order valence-corrected chi connectivity index (χ3v) is 7.74. The summed E-state index contributed by atoms with van der Waals surface area (Å²) in [4.78, 5) is 29.6. The number of carbonyl (C=O) groups excluding carboxylic acids is 2. The number of carbonyl (C=O) groups is 2. The van der Waals surface area contributed by atoms with Gasteiger partial charge in [-0.1, -0.05) is 55.0 Å². The molecule has 0 unspecified atom stereocenters. The van der Waals surface area contributed by atoms with Gasteiger partial charge in [0.2, 0.25) is 5.91 Å². The number of aliphatic hydroxyl groups is 1. The van der Waals surface area contributed by atoms with Gasteiger partial charge >= 0.3 is 6.09 Å². The maximum absolute atomic E-state index is 12.6. The molecular weight excluding hydrogens is 492 g/mol. The largest absolute Gasteiger partial charge is 0.446 e. The van der Waals surface area contributed by atoms with Gasteiger partial charge in [0.25, 0.3) is 0 Å². The molecule has 2 amide bonds. The Morgan fingerprint density at radius 2 is 1.49 bits per heavy atom. The molecule has 8 heteroatoms. The number of ether oxygens (including phenoxy) is 1. The molecule has 4 rings (SSSR count). The molecule has 0 atom stereocenters. The minimum absolute atomic E-state index is 0.106. The second kappa shape index (κ2) is 15.6. The molecule has 212 valence electrons. The fourth-order valence-corrected chi connectivity index (χ4v) is 5.36. The first-order chi connectivity index (χ1) is 19.1. The first-order valence-electron chi connectivity index (χ1n) is 14.6. The molecule has 2 heterocycles. The van der Waals surface area contributed by atoms with Crippen LogP contribution in [0.15, 0.2) is 54.6 Å². The average Bonchev–Trinajstić information content (AvgIpc) is 2.96. The fraction of sp³-hybridized carbons (Fsp3) is 0.548. The van der Waals surface area contributed by atoms with Gasteiger partial charge in [-0.2, -0.15) is 0 Å². The van der Waals surface area contributed by atoms with E-state index in [0.29, 0.717) is 6.42 Å². The van der Waals surface area contributed by atoms with Gasteiger partial charge in [-0.25, -0.2) is 4.79 Å². The van der Waals surface area contributed by atoms with Gasteiger partial charge in [-0.15, -0.1) is 0 Å². The number of nitrogens with one attached hydrogen (secondary N) is 2. The summed E-state index contributed by atoms with van der Waals surface area (Å²) in [7, 11) is 0. The minimum Gasteiger partial charge on any atom is -0.446 e. The highest BCUT2D eigenvalue weighted by Gasteiger charge is 2.23. The summed E-state index contributed by atoms with van der Waals surface area (Å²) in [6.07, 6.45) is 6.41. The molecule has 8 nitrogen and oxygen atoms in total. The highest BCUT2D eigenvalue weighted by Crippen LogP contribution is 2.28. The van der Waals surface area contributed by atoms with Crippen molar-refractivity contribution >= 4 is 17.7 Å². The van der Waals surface area contributed by atoms with E-state index in [2.05, 4.69) is 20.4 Å². The van der Waals surface area contributed by atoms with Gasteiger partial charge in [0.05, 0.1) is 11.8 Å². The number of piperidine rings is 2. The zero-order chi connectivity index (χ0) is 27.3. The van der Waals surface area contributed by atoms with Crippen molar-refractivity contribution in [3.8, 4) is 11.1 Å². The maximum atomic E-state index is 12.6. The highest BCUT2D eigenvalue weighted by atomic mass is 16.6. The van der Waals surface area contributed by atoms with Crippen LogP contribution in [0.2, 0.25) is 0 Å². The molecule has 2 aromatic rings. The number of nitrogens with zero attached hydrogens (tertiary/aromatic N) is 2. The van der Waals surface area contributed by atoms with Crippen molar-refractivity contribution in [1.29, 1.82) is 0 Å². The summed E-state index contributed by atoms with van der Waals surface area (Å²) in [6, 6.07) is 17.7. The fourth-order valence-electron chi connectivity index (χ4n) is 5.36. The molecule has 0 saturated carbocycles. The minimum atomic E-state index is -0.425. The number of rotatable bonds is 12. The number of anilines is 1. The van der Waals surface area contributed by atoms with Crippen LogP contribution in [0.25, 0.3) is 11.1 Å². The van der Waals surface area contributed by atoms with Gasteiger partial charge in [0.1, 0.15) is 6.10 Å². The molecular formula is C31H44N4O4. The van der Waals surface area contributed by atoms with E-state index < -0.39 is 6.09 Å². The van der Waals surface area contributed by atoms with Gasteiger partial charge in [-0.05, 0) is 56.7 Å². The van der Waals surface area contributed by atoms with E-state index in [1.54, 1.807) is 0 Å². The second-order valence-corrected chi connectivity index (χ2v) is 10.7. The number of hydrogen-bond acceptors (Lipinski definition) is 6.